The summed E-state index contributed by atoms with van der Waals surface area (Å²) in [6.07, 6.45) is 2.31. The van der Waals surface area contributed by atoms with Gasteiger partial charge in [-0.2, -0.15) is 0 Å². The second-order valence-electron chi connectivity index (χ2n) is 4.76. The first-order valence-corrected chi connectivity index (χ1v) is 7.36. The van der Waals surface area contributed by atoms with Crippen LogP contribution in [0, 0.1) is 13.8 Å². The van der Waals surface area contributed by atoms with Crippen molar-refractivity contribution >= 4 is 11.3 Å². The van der Waals surface area contributed by atoms with Crippen LogP contribution in [-0.2, 0) is 6.42 Å². The third-order valence-corrected chi connectivity index (χ3v) is 4.43. The van der Waals surface area contributed by atoms with Crippen LogP contribution in [0.2, 0.25) is 0 Å². The standard InChI is InChI=1S/C16H21NS/c1-12-6-4-7-13(2)16(12)15(17-3)10-9-14-8-5-11-18-14/h4-8,11,15,17H,9-10H2,1-3H3. The molecule has 0 saturated heterocycles. The molecule has 0 amide bonds. The summed E-state index contributed by atoms with van der Waals surface area (Å²) in [7, 11) is 2.06. The molecule has 1 aromatic carbocycles. The average molecular weight is 259 g/mol. The maximum atomic E-state index is 3.47. The molecule has 1 N–H and O–H groups in total. The van der Waals surface area contributed by atoms with Crippen molar-refractivity contribution in [3.05, 3.63) is 57.3 Å². The van der Waals surface area contributed by atoms with Crippen molar-refractivity contribution in [2.75, 3.05) is 7.05 Å². The average Bonchev–Trinajstić information content (AvgIpc) is 2.86. The summed E-state index contributed by atoms with van der Waals surface area (Å²) < 4.78 is 0. The molecule has 2 heteroatoms. The van der Waals surface area contributed by atoms with E-state index in [1.54, 1.807) is 0 Å². The number of hydrogen-bond acceptors (Lipinski definition) is 2. The molecule has 1 heterocycles. The van der Waals surface area contributed by atoms with Gasteiger partial charge in [0.15, 0.2) is 0 Å². The lowest BCUT2D eigenvalue weighted by Crippen LogP contribution is -2.19. The van der Waals surface area contributed by atoms with E-state index in [0.29, 0.717) is 6.04 Å². The molecule has 96 valence electrons. The zero-order valence-electron chi connectivity index (χ0n) is 11.4. The molecular weight excluding hydrogens is 238 g/mol. The van der Waals surface area contributed by atoms with Gasteiger partial charge in [-0.05, 0) is 61.9 Å². The fraction of sp³-hybridized carbons (Fsp3) is 0.375. The van der Waals surface area contributed by atoms with Gasteiger partial charge in [-0.1, -0.05) is 24.3 Å². The van der Waals surface area contributed by atoms with Crippen LogP contribution in [0.4, 0.5) is 0 Å². The number of aryl methyl sites for hydroxylation is 3. The van der Waals surface area contributed by atoms with Crippen molar-refractivity contribution in [2.24, 2.45) is 0 Å². The first-order valence-electron chi connectivity index (χ1n) is 6.48. The molecule has 0 fully saturated rings. The smallest absolute Gasteiger partial charge is 0.0326 e. The van der Waals surface area contributed by atoms with Gasteiger partial charge in [0.1, 0.15) is 0 Å². The summed E-state index contributed by atoms with van der Waals surface area (Å²) in [6.45, 7) is 4.41. The number of rotatable bonds is 5. The first kappa shape index (κ1) is 13.3. The van der Waals surface area contributed by atoms with E-state index in [4.69, 9.17) is 0 Å². The molecule has 1 aromatic heterocycles. The molecule has 0 aliphatic carbocycles. The Balaban J connectivity index is 2.13. The highest BCUT2D eigenvalue weighted by Crippen LogP contribution is 2.26. The van der Waals surface area contributed by atoms with Crippen LogP contribution in [0.1, 0.15) is 34.0 Å². The minimum Gasteiger partial charge on any atom is -0.313 e. The van der Waals surface area contributed by atoms with E-state index in [0.717, 1.165) is 12.8 Å². The lowest BCUT2D eigenvalue weighted by Gasteiger charge is -2.21. The van der Waals surface area contributed by atoms with E-state index in [1.807, 2.05) is 11.3 Å². The summed E-state index contributed by atoms with van der Waals surface area (Å²) >= 11 is 1.85. The summed E-state index contributed by atoms with van der Waals surface area (Å²) in [5, 5.41) is 5.62. The molecule has 0 saturated carbocycles. The van der Waals surface area contributed by atoms with Gasteiger partial charge in [-0.3, -0.25) is 0 Å². The van der Waals surface area contributed by atoms with Gasteiger partial charge >= 0.3 is 0 Å². The molecule has 0 spiro atoms. The monoisotopic (exact) mass is 259 g/mol. The minimum absolute atomic E-state index is 0.452. The highest BCUT2D eigenvalue weighted by atomic mass is 32.1. The van der Waals surface area contributed by atoms with Gasteiger partial charge in [0, 0.05) is 10.9 Å². The zero-order valence-corrected chi connectivity index (χ0v) is 12.2. The first-order chi connectivity index (χ1) is 8.72. The van der Waals surface area contributed by atoms with E-state index in [1.165, 1.54) is 21.6 Å². The van der Waals surface area contributed by atoms with E-state index in [9.17, 15) is 0 Å². The molecule has 18 heavy (non-hydrogen) atoms. The second-order valence-corrected chi connectivity index (χ2v) is 5.80. The van der Waals surface area contributed by atoms with Crippen molar-refractivity contribution in [1.29, 1.82) is 0 Å². The summed E-state index contributed by atoms with van der Waals surface area (Å²) in [4.78, 5) is 1.47. The largest absolute Gasteiger partial charge is 0.313 e. The number of thiophene rings is 1. The Labute approximate surface area is 114 Å². The maximum Gasteiger partial charge on any atom is 0.0326 e. The molecule has 0 bridgehead atoms. The lowest BCUT2D eigenvalue weighted by molar-refractivity contribution is 0.546. The van der Waals surface area contributed by atoms with Crippen molar-refractivity contribution < 1.29 is 0 Å². The minimum atomic E-state index is 0.452. The summed E-state index contributed by atoms with van der Waals surface area (Å²) in [5.74, 6) is 0. The molecule has 2 aromatic rings. The highest BCUT2D eigenvalue weighted by Gasteiger charge is 2.14. The molecule has 1 unspecified atom stereocenters. The molecule has 1 atom stereocenters. The van der Waals surface area contributed by atoms with Crippen molar-refractivity contribution in [2.45, 2.75) is 32.7 Å². The van der Waals surface area contributed by atoms with Gasteiger partial charge in [0.25, 0.3) is 0 Å². The van der Waals surface area contributed by atoms with Crippen LogP contribution in [0.25, 0.3) is 0 Å². The fourth-order valence-electron chi connectivity index (χ4n) is 2.55. The maximum absolute atomic E-state index is 3.47. The predicted octanol–water partition coefficient (Wildman–Crippen LogP) is 4.26. The van der Waals surface area contributed by atoms with E-state index >= 15 is 0 Å². The quantitative estimate of drug-likeness (QED) is 0.846. The van der Waals surface area contributed by atoms with Crippen LogP contribution in [0.15, 0.2) is 35.7 Å². The van der Waals surface area contributed by atoms with Crippen LogP contribution in [0.5, 0.6) is 0 Å². The number of hydrogen-bond donors (Lipinski definition) is 1. The predicted molar refractivity (Wildman–Crippen MR) is 80.4 cm³/mol. The van der Waals surface area contributed by atoms with Crippen LogP contribution < -0.4 is 5.32 Å². The topological polar surface area (TPSA) is 12.0 Å². The second kappa shape index (κ2) is 6.17. The van der Waals surface area contributed by atoms with Crippen molar-refractivity contribution in [3.8, 4) is 0 Å². The zero-order chi connectivity index (χ0) is 13.0. The van der Waals surface area contributed by atoms with Gasteiger partial charge < -0.3 is 5.32 Å². The van der Waals surface area contributed by atoms with E-state index < -0.39 is 0 Å². The Morgan fingerprint density at radius 1 is 1.11 bits per heavy atom. The molecule has 1 nitrogen and oxygen atoms in total. The Morgan fingerprint density at radius 3 is 2.39 bits per heavy atom. The van der Waals surface area contributed by atoms with Crippen LogP contribution in [0.3, 0.4) is 0 Å². The molecule has 0 radical (unpaired) electrons. The third-order valence-electron chi connectivity index (χ3n) is 3.50. The molecular formula is C16H21NS. The van der Waals surface area contributed by atoms with Crippen LogP contribution in [-0.4, -0.2) is 7.05 Å². The lowest BCUT2D eigenvalue weighted by atomic mass is 9.93. The fourth-order valence-corrected chi connectivity index (χ4v) is 3.28. The van der Waals surface area contributed by atoms with Crippen molar-refractivity contribution in [3.63, 3.8) is 0 Å². The van der Waals surface area contributed by atoms with E-state index in [-0.39, 0.29) is 0 Å². The summed E-state index contributed by atoms with van der Waals surface area (Å²) in [6, 6.07) is 11.4. The van der Waals surface area contributed by atoms with Gasteiger partial charge in [-0.15, -0.1) is 11.3 Å². The van der Waals surface area contributed by atoms with Gasteiger partial charge in [0.2, 0.25) is 0 Å². The summed E-state index contributed by atoms with van der Waals surface area (Å²) in [5.41, 5.74) is 4.25. The van der Waals surface area contributed by atoms with Crippen molar-refractivity contribution in [1.82, 2.24) is 5.32 Å². The molecule has 0 aliphatic heterocycles. The number of nitrogens with one attached hydrogen (secondary N) is 1. The third kappa shape index (κ3) is 3.01. The molecule has 2 rings (SSSR count). The van der Waals surface area contributed by atoms with Crippen LogP contribution >= 0.6 is 11.3 Å². The Bertz CT molecular complexity index is 468. The Morgan fingerprint density at radius 2 is 1.83 bits per heavy atom. The number of benzene rings is 1. The van der Waals surface area contributed by atoms with Gasteiger partial charge in [-0.25, -0.2) is 0 Å². The highest BCUT2D eigenvalue weighted by molar-refractivity contribution is 7.09. The normalized spacial score (nSPS) is 12.6. The van der Waals surface area contributed by atoms with Gasteiger partial charge in [0.05, 0.1) is 0 Å². The Kier molecular flexibility index (Phi) is 4.56. The SMILES string of the molecule is CNC(CCc1cccs1)c1c(C)cccc1C. The Hall–Kier alpha value is -1.12. The van der Waals surface area contributed by atoms with E-state index in [2.05, 4.69) is 61.9 Å². The molecule has 0 aliphatic rings.